The van der Waals surface area contributed by atoms with Crippen molar-refractivity contribution in [2.24, 2.45) is 52.8 Å². The molecular formula is C27H45NO3. The van der Waals surface area contributed by atoms with Crippen LogP contribution in [-0.4, -0.2) is 40.3 Å². The second-order valence-corrected chi connectivity index (χ2v) is 12.7. The van der Waals surface area contributed by atoms with Crippen molar-refractivity contribution >= 4 is 5.78 Å². The minimum atomic E-state index is -0.301. The van der Waals surface area contributed by atoms with Gasteiger partial charge in [0.1, 0.15) is 0 Å². The van der Waals surface area contributed by atoms with Gasteiger partial charge in [0.15, 0.2) is 5.78 Å². The zero-order chi connectivity index (χ0) is 22.1. The smallest absolute Gasteiger partial charge is 0.153 e. The molecule has 1 saturated heterocycles. The van der Waals surface area contributed by atoms with Crippen LogP contribution < -0.4 is 5.32 Å². The molecule has 4 saturated carbocycles. The number of ketones is 1. The van der Waals surface area contributed by atoms with Crippen molar-refractivity contribution in [2.45, 2.75) is 110 Å². The Morgan fingerprint density at radius 1 is 0.903 bits per heavy atom. The molecule has 0 amide bonds. The second kappa shape index (κ2) is 8.09. The van der Waals surface area contributed by atoms with Gasteiger partial charge in [0.05, 0.1) is 18.2 Å². The summed E-state index contributed by atoms with van der Waals surface area (Å²) in [5.41, 5.74) is 0.119. The molecule has 5 aliphatic rings. The Labute approximate surface area is 188 Å². The molecule has 0 aromatic heterocycles. The molecule has 13 atom stereocenters. The summed E-state index contributed by atoms with van der Waals surface area (Å²) in [5, 5.41) is 25.0. The monoisotopic (exact) mass is 431 g/mol. The number of carbonyl (C=O) groups excluding carboxylic acids is 1. The molecule has 0 aromatic rings. The van der Waals surface area contributed by atoms with Gasteiger partial charge in [-0.2, -0.15) is 0 Å². The Morgan fingerprint density at radius 3 is 2.42 bits per heavy atom. The highest BCUT2D eigenvalue weighted by Crippen LogP contribution is 2.59. The first-order chi connectivity index (χ1) is 14.7. The van der Waals surface area contributed by atoms with Gasteiger partial charge in [-0.1, -0.05) is 20.8 Å². The van der Waals surface area contributed by atoms with Crippen LogP contribution in [0.2, 0.25) is 0 Å². The Kier molecular flexibility index (Phi) is 5.84. The third-order valence-electron chi connectivity index (χ3n) is 11.4. The van der Waals surface area contributed by atoms with Crippen LogP contribution in [0.1, 0.15) is 85.5 Å². The SMILES string of the molecule is C[C@@H]1[C@H]2CC[C@@H]([C@@H]3C[C@@H](O)[C@H]4C[C@@H](O)CC[C@]4(C)[C@H]3C)C[C@@H]2C(=O)[C@@H]2N[C@@H](C)CC[C@@H]12. The van der Waals surface area contributed by atoms with E-state index in [1.54, 1.807) is 0 Å². The molecular weight excluding hydrogens is 386 g/mol. The number of aliphatic hydroxyl groups is 2. The highest BCUT2D eigenvalue weighted by molar-refractivity contribution is 5.88. The molecule has 3 N–H and O–H groups in total. The third kappa shape index (κ3) is 3.54. The molecule has 0 bridgehead atoms. The number of nitrogens with one attached hydrogen (secondary N) is 1. The molecule has 4 heteroatoms. The van der Waals surface area contributed by atoms with Crippen LogP contribution in [0.3, 0.4) is 0 Å². The number of fused-ring (bicyclic) bond motifs is 3. The summed E-state index contributed by atoms with van der Waals surface area (Å²) >= 11 is 0. The highest BCUT2D eigenvalue weighted by atomic mass is 16.3. The fourth-order valence-electron chi connectivity index (χ4n) is 9.34. The van der Waals surface area contributed by atoms with Crippen LogP contribution in [0.15, 0.2) is 0 Å². The van der Waals surface area contributed by atoms with Gasteiger partial charge in [0.25, 0.3) is 0 Å². The summed E-state index contributed by atoms with van der Waals surface area (Å²) < 4.78 is 0. The number of aliphatic hydroxyl groups excluding tert-OH is 2. The number of carbonyl (C=O) groups is 1. The molecule has 1 aliphatic heterocycles. The Hall–Kier alpha value is -0.450. The minimum Gasteiger partial charge on any atom is -0.393 e. The van der Waals surface area contributed by atoms with E-state index in [2.05, 4.69) is 33.0 Å². The lowest BCUT2D eigenvalue weighted by atomic mass is 9.48. The number of piperidine rings is 1. The summed E-state index contributed by atoms with van der Waals surface area (Å²) in [5.74, 6) is 4.31. The normalized spacial score (nSPS) is 57.5. The van der Waals surface area contributed by atoms with E-state index in [-0.39, 0.29) is 35.5 Å². The van der Waals surface area contributed by atoms with Gasteiger partial charge in [-0.15, -0.1) is 0 Å². The number of rotatable bonds is 1. The van der Waals surface area contributed by atoms with Gasteiger partial charge < -0.3 is 15.5 Å². The summed E-state index contributed by atoms with van der Waals surface area (Å²) in [6, 6.07) is 0.537. The van der Waals surface area contributed by atoms with Gasteiger partial charge >= 0.3 is 0 Å². The molecule has 176 valence electrons. The maximum atomic E-state index is 13.6. The van der Waals surface area contributed by atoms with E-state index >= 15 is 0 Å². The topological polar surface area (TPSA) is 69.6 Å². The van der Waals surface area contributed by atoms with E-state index < -0.39 is 0 Å². The number of Topliss-reactive ketones (excluding diaryl/α,β-unsaturated/α-hetero) is 1. The molecule has 1 heterocycles. The van der Waals surface area contributed by atoms with E-state index in [9.17, 15) is 15.0 Å². The third-order valence-corrected chi connectivity index (χ3v) is 11.4. The zero-order valence-electron chi connectivity index (χ0n) is 20.1. The molecule has 5 fully saturated rings. The fourth-order valence-corrected chi connectivity index (χ4v) is 9.34. The molecule has 0 spiro atoms. The Balaban J connectivity index is 1.34. The first-order valence-electron chi connectivity index (χ1n) is 13.4. The van der Waals surface area contributed by atoms with E-state index in [0.717, 1.165) is 32.1 Å². The lowest BCUT2D eigenvalue weighted by Crippen LogP contribution is -2.61. The Bertz CT molecular complexity index is 696. The van der Waals surface area contributed by atoms with Crippen molar-refractivity contribution in [3.8, 4) is 0 Å². The van der Waals surface area contributed by atoms with Crippen molar-refractivity contribution in [1.29, 1.82) is 0 Å². The van der Waals surface area contributed by atoms with Gasteiger partial charge in [-0.25, -0.2) is 0 Å². The second-order valence-electron chi connectivity index (χ2n) is 12.7. The first kappa shape index (κ1) is 22.3. The van der Waals surface area contributed by atoms with Gasteiger partial charge in [-0.05, 0) is 112 Å². The molecule has 0 radical (unpaired) electrons. The van der Waals surface area contributed by atoms with Crippen LogP contribution in [-0.2, 0) is 4.79 Å². The van der Waals surface area contributed by atoms with Crippen molar-refractivity contribution in [2.75, 3.05) is 0 Å². The summed E-state index contributed by atoms with van der Waals surface area (Å²) in [4.78, 5) is 13.6. The van der Waals surface area contributed by atoms with Crippen LogP contribution >= 0.6 is 0 Å². The first-order valence-corrected chi connectivity index (χ1v) is 13.4. The van der Waals surface area contributed by atoms with Crippen molar-refractivity contribution in [3.05, 3.63) is 0 Å². The Morgan fingerprint density at radius 2 is 1.65 bits per heavy atom. The van der Waals surface area contributed by atoms with E-state index in [1.165, 1.54) is 25.7 Å². The van der Waals surface area contributed by atoms with E-state index in [4.69, 9.17) is 0 Å². The van der Waals surface area contributed by atoms with Crippen molar-refractivity contribution in [1.82, 2.24) is 5.32 Å². The van der Waals surface area contributed by atoms with Crippen molar-refractivity contribution in [3.63, 3.8) is 0 Å². The fraction of sp³-hybridized carbons (Fsp3) is 0.963. The maximum absolute atomic E-state index is 13.6. The van der Waals surface area contributed by atoms with Gasteiger partial charge in [0.2, 0.25) is 0 Å². The highest BCUT2D eigenvalue weighted by Gasteiger charge is 2.56. The van der Waals surface area contributed by atoms with Crippen LogP contribution in [0.4, 0.5) is 0 Å². The summed E-state index contributed by atoms with van der Waals surface area (Å²) in [6.45, 7) is 9.44. The lowest BCUT2D eigenvalue weighted by molar-refractivity contribution is -0.151. The van der Waals surface area contributed by atoms with Crippen LogP contribution in [0, 0.1) is 52.8 Å². The average molecular weight is 432 g/mol. The predicted molar refractivity (Wildman–Crippen MR) is 122 cm³/mol. The molecule has 4 nitrogen and oxygen atoms in total. The molecule has 4 aliphatic carbocycles. The lowest BCUT2D eigenvalue weighted by Gasteiger charge is -2.58. The van der Waals surface area contributed by atoms with Crippen LogP contribution in [0.5, 0.6) is 0 Å². The summed E-state index contributed by atoms with van der Waals surface area (Å²) in [6.07, 6.45) is 8.83. The molecule has 5 rings (SSSR count). The van der Waals surface area contributed by atoms with Gasteiger partial charge in [-0.3, -0.25) is 4.79 Å². The van der Waals surface area contributed by atoms with E-state index in [0.29, 0.717) is 47.3 Å². The van der Waals surface area contributed by atoms with Gasteiger partial charge in [0, 0.05) is 12.0 Å². The predicted octanol–water partition coefficient (Wildman–Crippen LogP) is 4.18. The quantitative estimate of drug-likeness (QED) is 0.583. The average Bonchev–Trinajstić information content (AvgIpc) is 2.75. The largest absolute Gasteiger partial charge is 0.393 e. The summed E-state index contributed by atoms with van der Waals surface area (Å²) in [7, 11) is 0. The van der Waals surface area contributed by atoms with E-state index in [1.807, 2.05) is 0 Å². The van der Waals surface area contributed by atoms with Crippen LogP contribution in [0.25, 0.3) is 0 Å². The zero-order valence-corrected chi connectivity index (χ0v) is 20.1. The van der Waals surface area contributed by atoms with Crippen molar-refractivity contribution < 1.29 is 15.0 Å². The molecule has 0 unspecified atom stereocenters. The number of hydrogen-bond donors (Lipinski definition) is 3. The minimum absolute atomic E-state index is 0.0786. The number of hydrogen-bond acceptors (Lipinski definition) is 4. The molecule has 0 aromatic carbocycles. The standard InChI is InChI=1S/C27H45NO3/c1-14-5-7-20-15(2)19-8-6-17(11-22(19)26(31)25(20)28-14)21-13-24(30)23-12-18(29)9-10-27(23,4)16(21)3/h14-25,28-30H,5-13H2,1-4H3/t14-,15+,16-,17+,18-,19+,20-,21+,22-,23+,24+,25+,27+/m0/s1. The maximum Gasteiger partial charge on any atom is 0.153 e. The molecule has 31 heavy (non-hydrogen) atoms.